The maximum Gasteiger partial charge on any atom is 0.112 e. The number of aromatic nitrogens is 2. The fourth-order valence-corrected chi connectivity index (χ4v) is 1.94. The molecule has 0 spiro atoms. The summed E-state index contributed by atoms with van der Waals surface area (Å²) in [6.45, 7) is 4.02. The van der Waals surface area contributed by atoms with E-state index in [-0.39, 0.29) is 5.60 Å². The summed E-state index contributed by atoms with van der Waals surface area (Å²) in [4.78, 5) is 7.68. The third kappa shape index (κ3) is 2.53. The maximum atomic E-state index is 5.94. The summed E-state index contributed by atoms with van der Waals surface area (Å²) in [5, 5.41) is 0.608. The van der Waals surface area contributed by atoms with Crippen LogP contribution in [0.3, 0.4) is 0 Å². The lowest BCUT2D eigenvalue weighted by Gasteiger charge is -2.21. The number of methoxy groups -OCH3 is 1. The number of hydrogen-bond acceptors (Lipinski definition) is 3. The largest absolute Gasteiger partial charge is 0.397 e. The molecule has 0 aliphatic heterocycles. The summed E-state index contributed by atoms with van der Waals surface area (Å²) in [6, 6.07) is 3.53. The lowest BCUT2D eigenvalue weighted by molar-refractivity contribution is 0.0218. The van der Waals surface area contributed by atoms with E-state index in [4.69, 9.17) is 22.1 Å². The van der Waals surface area contributed by atoms with E-state index in [1.54, 1.807) is 13.2 Å². The van der Waals surface area contributed by atoms with Crippen LogP contribution in [0.1, 0.15) is 19.7 Å². The smallest absolute Gasteiger partial charge is 0.112 e. The molecule has 0 amide bonds. The molecule has 0 saturated carbocycles. The molecule has 0 radical (unpaired) electrons. The molecule has 0 aliphatic carbocycles. The van der Waals surface area contributed by atoms with E-state index in [0.717, 1.165) is 16.9 Å². The van der Waals surface area contributed by atoms with E-state index < -0.39 is 0 Å². The van der Waals surface area contributed by atoms with Gasteiger partial charge in [-0.2, -0.15) is 0 Å². The highest BCUT2D eigenvalue weighted by Crippen LogP contribution is 2.25. The van der Waals surface area contributed by atoms with E-state index in [9.17, 15) is 0 Å². The first kappa shape index (κ1) is 12.2. The first-order valence-corrected chi connectivity index (χ1v) is 5.78. The molecule has 1 heterocycles. The van der Waals surface area contributed by atoms with Crippen molar-refractivity contribution in [3.63, 3.8) is 0 Å². The Hall–Kier alpha value is -1.26. The molecule has 0 saturated heterocycles. The van der Waals surface area contributed by atoms with Crippen molar-refractivity contribution in [1.29, 1.82) is 0 Å². The van der Waals surface area contributed by atoms with Crippen molar-refractivity contribution in [3.8, 4) is 0 Å². The molecule has 2 aromatic rings. The predicted octanol–water partition coefficient (Wildman–Crippen LogP) is 2.77. The molecule has 0 atom stereocenters. The molecule has 17 heavy (non-hydrogen) atoms. The quantitative estimate of drug-likeness (QED) is 0.827. The Labute approximate surface area is 105 Å². The number of nitrogens with one attached hydrogen (secondary N) is 1. The molecular formula is C12H16ClN3O. The minimum atomic E-state index is -0.258. The number of benzene rings is 1. The summed E-state index contributed by atoms with van der Waals surface area (Å²) >= 11 is 5.94. The van der Waals surface area contributed by atoms with Crippen LogP contribution in [0.15, 0.2) is 12.1 Å². The minimum absolute atomic E-state index is 0.258. The maximum absolute atomic E-state index is 5.94. The fourth-order valence-electron chi connectivity index (χ4n) is 1.72. The number of nitrogens with zero attached hydrogens (tertiary/aromatic N) is 1. The molecule has 2 rings (SSSR count). The van der Waals surface area contributed by atoms with Crippen molar-refractivity contribution in [2.75, 3.05) is 12.8 Å². The number of rotatable bonds is 3. The Bertz CT molecular complexity index is 548. The summed E-state index contributed by atoms with van der Waals surface area (Å²) in [5.74, 6) is 0.848. The molecule has 0 aliphatic rings. The van der Waals surface area contributed by atoms with Crippen LogP contribution in [-0.2, 0) is 11.2 Å². The molecule has 0 fully saturated rings. The second-order valence-electron chi connectivity index (χ2n) is 4.72. The van der Waals surface area contributed by atoms with Crippen molar-refractivity contribution in [2.24, 2.45) is 0 Å². The van der Waals surface area contributed by atoms with Crippen LogP contribution < -0.4 is 5.73 Å². The van der Waals surface area contributed by atoms with Crippen molar-refractivity contribution < 1.29 is 4.74 Å². The van der Waals surface area contributed by atoms with Crippen LogP contribution in [0.5, 0.6) is 0 Å². The van der Waals surface area contributed by atoms with Crippen LogP contribution in [-0.4, -0.2) is 22.7 Å². The van der Waals surface area contributed by atoms with Gasteiger partial charge in [0.25, 0.3) is 0 Å². The van der Waals surface area contributed by atoms with Gasteiger partial charge in [-0.15, -0.1) is 0 Å². The number of imidazole rings is 1. The normalized spacial score (nSPS) is 12.2. The number of anilines is 1. The Morgan fingerprint density at radius 3 is 2.82 bits per heavy atom. The summed E-state index contributed by atoms with van der Waals surface area (Å²) in [5.41, 5.74) is 7.82. The second kappa shape index (κ2) is 4.20. The zero-order valence-electron chi connectivity index (χ0n) is 10.2. The highest BCUT2D eigenvalue weighted by atomic mass is 35.5. The number of nitrogen functional groups attached to an aromatic ring is 1. The van der Waals surface area contributed by atoms with Crippen LogP contribution in [0.25, 0.3) is 11.0 Å². The second-order valence-corrected chi connectivity index (χ2v) is 5.15. The molecule has 3 N–H and O–H groups in total. The molecule has 0 unspecified atom stereocenters. The third-order valence-electron chi connectivity index (χ3n) is 2.78. The SMILES string of the molecule is COC(C)(C)Cc1nc2c(N)cc(Cl)cc2[nH]1. The number of H-pyrrole nitrogens is 1. The minimum Gasteiger partial charge on any atom is -0.397 e. The van der Waals surface area contributed by atoms with Crippen LogP contribution in [0, 0.1) is 0 Å². The number of halogens is 1. The first-order valence-electron chi connectivity index (χ1n) is 5.40. The van der Waals surface area contributed by atoms with Crippen LogP contribution in [0.4, 0.5) is 5.69 Å². The molecule has 5 heteroatoms. The predicted molar refractivity (Wildman–Crippen MR) is 70.3 cm³/mol. The monoisotopic (exact) mass is 253 g/mol. The molecule has 1 aromatic heterocycles. The Balaban J connectivity index is 2.42. The van der Waals surface area contributed by atoms with Crippen molar-refractivity contribution in [1.82, 2.24) is 9.97 Å². The number of ether oxygens (including phenoxy) is 1. The molecule has 1 aromatic carbocycles. The Morgan fingerprint density at radius 2 is 2.18 bits per heavy atom. The first-order chi connectivity index (χ1) is 7.91. The van der Waals surface area contributed by atoms with Gasteiger partial charge >= 0.3 is 0 Å². The van der Waals surface area contributed by atoms with Gasteiger partial charge in [0.15, 0.2) is 0 Å². The lowest BCUT2D eigenvalue weighted by atomic mass is 10.1. The zero-order valence-corrected chi connectivity index (χ0v) is 10.9. The number of aromatic amines is 1. The van der Waals surface area contributed by atoms with E-state index in [1.165, 1.54) is 0 Å². The Kier molecular flexibility index (Phi) is 3.02. The number of hydrogen-bond donors (Lipinski definition) is 2. The highest BCUT2D eigenvalue weighted by molar-refractivity contribution is 6.31. The summed E-state index contributed by atoms with van der Waals surface area (Å²) < 4.78 is 5.37. The van der Waals surface area contributed by atoms with Crippen molar-refractivity contribution in [2.45, 2.75) is 25.9 Å². The standard InChI is InChI=1S/C12H16ClN3O/c1-12(2,17-3)6-10-15-9-5-7(13)4-8(14)11(9)16-10/h4-5H,6,14H2,1-3H3,(H,15,16). The zero-order chi connectivity index (χ0) is 12.6. The van der Waals surface area contributed by atoms with Gasteiger partial charge in [-0.3, -0.25) is 0 Å². The highest BCUT2D eigenvalue weighted by Gasteiger charge is 2.19. The third-order valence-corrected chi connectivity index (χ3v) is 2.99. The molecule has 4 nitrogen and oxygen atoms in total. The molecule has 0 bridgehead atoms. The van der Waals surface area contributed by atoms with Gasteiger partial charge < -0.3 is 15.5 Å². The average molecular weight is 254 g/mol. The van der Waals surface area contributed by atoms with Gasteiger partial charge in [-0.05, 0) is 26.0 Å². The molecule has 92 valence electrons. The molecular weight excluding hydrogens is 238 g/mol. The van der Waals surface area contributed by atoms with E-state index in [1.807, 2.05) is 19.9 Å². The van der Waals surface area contributed by atoms with Gasteiger partial charge in [-0.1, -0.05) is 11.6 Å². The van der Waals surface area contributed by atoms with E-state index >= 15 is 0 Å². The van der Waals surface area contributed by atoms with Crippen molar-refractivity contribution >= 4 is 28.3 Å². The van der Waals surface area contributed by atoms with E-state index in [0.29, 0.717) is 17.1 Å². The van der Waals surface area contributed by atoms with E-state index in [2.05, 4.69) is 9.97 Å². The average Bonchev–Trinajstić information content (AvgIpc) is 2.59. The van der Waals surface area contributed by atoms with Crippen molar-refractivity contribution in [3.05, 3.63) is 23.0 Å². The van der Waals surface area contributed by atoms with Gasteiger partial charge in [0.2, 0.25) is 0 Å². The topological polar surface area (TPSA) is 63.9 Å². The van der Waals surface area contributed by atoms with Gasteiger partial charge in [-0.25, -0.2) is 4.98 Å². The van der Waals surface area contributed by atoms with Crippen LogP contribution >= 0.6 is 11.6 Å². The Morgan fingerprint density at radius 1 is 1.47 bits per heavy atom. The lowest BCUT2D eigenvalue weighted by Crippen LogP contribution is -2.26. The van der Waals surface area contributed by atoms with Crippen LogP contribution in [0.2, 0.25) is 5.02 Å². The number of fused-ring (bicyclic) bond motifs is 1. The fraction of sp³-hybridized carbons (Fsp3) is 0.417. The number of nitrogens with two attached hydrogens (primary N) is 1. The van der Waals surface area contributed by atoms with Gasteiger partial charge in [0.05, 0.1) is 16.8 Å². The van der Waals surface area contributed by atoms with Gasteiger partial charge in [0.1, 0.15) is 11.3 Å². The summed E-state index contributed by atoms with van der Waals surface area (Å²) in [6.07, 6.45) is 0.690. The summed E-state index contributed by atoms with van der Waals surface area (Å²) in [7, 11) is 1.69. The van der Waals surface area contributed by atoms with Gasteiger partial charge in [0, 0.05) is 18.6 Å².